The lowest BCUT2D eigenvalue weighted by molar-refractivity contribution is -0.137. The summed E-state index contributed by atoms with van der Waals surface area (Å²) in [4.78, 5) is 25.2. The van der Waals surface area contributed by atoms with E-state index in [4.69, 9.17) is 0 Å². The van der Waals surface area contributed by atoms with E-state index in [-0.39, 0.29) is 26.2 Å². The molecule has 1 aromatic carbocycles. The fourth-order valence-corrected chi connectivity index (χ4v) is 2.10. The van der Waals surface area contributed by atoms with Gasteiger partial charge in [-0.3, -0.25) is 4.79 Å². The van der Waals surface area contributed by atoms with E-state index in [1.807, 2.05) is 5.32 Å². The summed E-state index contributed by atoms with van der Waals surface area (Å²) in [6.45, 7) is 0.890. The second kappa shape index (κ2) is 6.20. The fraction of sp³-hybridized carbons (Fsp3) is 0.385. The number of nitrogens with one attached hydrogen (secondary N) is 1. The molecular formula is C13H13F4N3O2. The Morgan fingerprint density at radius 3 is 2.36 bits per heavy atom. The molecule has 0 aliphatic carbocycles. The third-order valence-corrected chi connectivity index (χ3v) is 3.30. The van der Waals surface area contributed by atoms with Crippen LogP contribution in [0, 0.1) is 5.82 Å². The largest absolute Gasteiger partial charge is 0.418 e. The Hall–Kier alpha value is -2.32. The fourth-order valence-electron chi connectivity index (χ4n) is 2.10. The number of hydrogen-bond donors (Lipinski definition) is 1. The lowest BCUT2D eigenvalue weighted by Gasteiger charge is -2.32. The number of rotatable bonds is 2. The lowest BCUT2D eigenvalue weighted by atomic mass is 10.1. The maximum atomic E-state index is 13.6. The third-order valence-electron chi connectivity index (χ3n) is 3.30. The van der Waals surface area contributed by atoms with Gasteiger partial charge in [0.05, 0.1) is 11.3 Å². The molecule has 1 saturated heterocycles. The molecule has 0 bridgehead atoms. The molecule has 0 aromatic heterocycles. The number of urea groups is 1. The van der Waals surface area contributed by atoms with Crippen molar-refractivity contribution in [3.05, 3.63) is 29.6 Å². The van der Waals surface area contributed by atoms with Gasteiger partial charge in [-0.25, -0.2) is 9.18 Å². The summed E-state index contributed by atoms with van der Waals surface area (Å²) in [5.74, 6) is -1.16. The van der Waals surface area contributed by atoms with Gasteiger partial charge < -0.3 is 15.1 Å². The smallest absolute Gasteiger partial charge is 0.342 e. The van der Waals surface area contributed by atoms with E-state index in [0.717, 1.165) is 12.1 Å². The Labute approximate surface area is 123 Å². The number of halogens is 4. The molecule has 9 heteroatoms. The Bertz CT molecular complexity index is 569. The molecule has 22 heavy (non-hydrogen) atoms. The van der Waals surface area contributed by atoms with Crippen LogP contribution >= 0.6 is 0 Å². The van der Waals surface area contributed by atoms with Gasteiger partial charge in [0.1, 0.15) is 5.82 Å². The molecule has 0 unspecified atom stereocenters. The van der Waals surface area contributed by atoms with Gasteiger partial charge in [0, 0.05) is 26.2 Å². The van der Waals surface area contributed by atoms with Crippen LogP contribution in [0.3, 0.4) is 0 Å². The van der Waals surface area contributed by atoms with Crippen LogP contribution in [0.15, 0.2) is 18.2 Å². The third kappa shape index (κ3) is 3.46. The average Bonchev–Trinajstić information content (AvgIpc) is 2.48. The molecular weight excluding hydrogens is 306 g/mol. The minimum Gasteiger partial charge on any atom is -0.342 e. The first kappa shape index (κ1) is 16.1. The van der Waals surface area contributed by atoms with E-state index in [1.54, 1.807) is 0 Å². The van der Waals surface area contributed by atoms with Crippen molar-refractivity contribution in [2.45, 2.75) is 6.18 Å². The van der Waals surface area contributed by atoms with Gasteiger partial charge in [-0.15, -0.1) is 0 Å². The molecule has 1 N–H and O–H groups in total. The highest BCUT2D eigenvalue weighted by molar-refractivity contribution is 5.90. The van der Waals surface area contributed by atoms with Crippen LogP contribution in [0.25, 0.3) is 0 Å². The number of benzene rings is 1. The molecule has 1 aromatic rings. The summed E-state index contributed by atoms with van der Waals surface area (Å²) in [5.41, 5.74) is -2.13. The van der Waals surface area contributed by atoms with E-state index >= 15 is 0 Å². The van der Waals surface area contributed by atoms with Gasteiger partial charge in [0.2, 0.25) is 6.41 Å². The summed E-state index contributed by atoms with van der Waals surface area (Å²) >= 11 is 0. The van der Waals surface area contributed by atoms with Crippen LogP contribution in [0.2, 0.25) is 0 Å². The highest BCUT2D eigenvalue weighted by Gasteiger charge is 2.35. The maximum absolute atomic E-state index is 13.6. The predicted octanol–water partition coefficient (Wildman–Crippen LogP) is 2.15. The molecule has 1 aliphatic rings. The number of carbonyl (C=O) groups excluding carboxylic acids is 2. The summed E-state index contributed by atoms with van der Waals surface area (Å²) in [6, 6.07) is 1.63. The van der Waals surface area contributed by atoms with Gasteiger partial charge in [-0.2, -0.15) is 13.2 Å². The zero-order valence-electron chi connectivity index (χ0n) is 11.4. The normalized spacial score (nSPS) is 15.6. The van der Waals surface area contributed by atoms with E-state index in [1.165, 1.54) is 9.80 Å². The van der Waals surface area contributed by atoms with Crippen molar-refractivity contribution in [1.29, 1.82) is 0 Å². The zero-order chi connectivity index (χ0) is 16.3. The Morgan fingerprint density at radius 2 is 1.82 bits per heavy atom. The molecule has 2 rings (SSSR count). The first-order valence-electron chi connectivity index (χ1n) is 6.44. The number of para-hydroxylation sites is 1. The average molecular weight is 319 g/mol. The van der Waals surface area contributed by atoms with Crippen molar-refractivity contribution < 1.29 is 27.2 Å². The van der Waals surface area contributed by atoms with Crippen molar-refractivity contribution in [2.75, 3.05) is 31.5 Å². The standard InChI is InChI=1S/C13H13F4N3O2/c14-10-3-1-2-9(13(15,16)17)11(10)18-12(22)20-6-4-19(8-21)5-7-20/h1-3,8H,4-7H2,(H,18,22). The van der Waals surface area contributed by atoms with E-state index < -0.39 is 29.3 Å². The van der Waals surface area contributed by atoms with Crippen LogP contribution in [-0.4, -0.2) is 48.4 Å². The zero-order valence-corrected chi connectivity index (χ0v) is 11.4. The molecule has 0 spiro atoms. The minimum absolute atomic E-state index is 0.167. The second-order valence-electron chi connectivity index (χ2n) is 4.72. The number of amides is 3. The number of anilines is 1. The van der Waals surface area contributed by atoms with Crippen LogP contribution < -0.4 is 5.32 Å². The number of carbonyl (C=O) groups is 2. The monoisotopic (exact) mass is 319 g/mol. The van der Waals surface area contributed by atoms with Gasteiger partial charge in [0.15, 0.2) is 0 Å². The Kier molecular flexibility index (Phi) is 4.53. The van der Waals surface area contributed by atoms with Crippen molar-refractivity contribution in [2.24, 2.45) is 0 Å². The van der Waals surface area contributed by atoms with Crippen LogP contribution in [0.1, 0.15) is 5.56 Å². The highest BCUT2D eigenvalue weighted by Crippen LogP contribution is 2.36. The molecule has 120 valence electrons. The van der Waals surface area contributed by atoms with E-state index in [9.17, 15) is 27.2 Å². The van der Waals surface area contributed by atoms with Crippen LogP contribution in [0.5, 0.6) is 0 Å². The minimum atomic E-state index is -4.78. The molecule has 1 fully saturated rings. The SMILES string of the molecule is O=CN1CCN(C(=O)Nc2c(F)cccc2C(F)(F)F)CC1. The second-order valence-corrected chi connectivity index (χ2v) is 4.72. The molecule has 0 radical (unpaired) electrons. The van der Waals surface area contributed by atoms with Gasteiger partial charge in [-0.1, -0.05) is 6.07 Å². The van der Waals surface area contributed by atoms with Gasteiger partial charge in [0.25, 0.3) is 0 Å². The number of alkyl halides is 3. The maximum Gasteiger partial charge on any atom is 0.418 e. The van der Waals surface area contributed by atoms with Crippen molar-refractivity contribution in [3.63, 3.8) is 0 Å². The first-order valence-corrected chi connectivity index (χ1v) is 6.44. The Morgan fingerprint density at radius 1 is 1.18 bits per heavy atom. The topological polar surface area (TPSA) is 52.7 Å². The van der Waals surface area contributed by atoms with Gasteiger partial charge in [-0.05, 0) is 12.1 Å². The van der Waals surface area contributed by atoms with Crippen molar-refractivity contribution in [1.82, 2.24) is 9.80 Å². The lowest BCUT2D eigenvalue weighted by Crippen LogP contribution is -2.49. The summed E-state index contributed by atoms with van der Waals surface area (Å²) in [5, 5.41) is 1.97. The molecule has 5 nitrogen and oxygen atoms in total. The van der Waals surface area contributed by atoms with Crippen LogP contribution in [0.4, 0.5) is 28.0 Å². The number of hydrogen-bond acceptors (Lipinski definition) is 2. The Balaban J connectivity index is 2.14. The molecule has 3 amide bonds. The van der Waals surface area contributed by atoms with Crippen molar-refractivity contribution in [3.8, 4) is 0 Å². The van der Waals surface area contributed by atoms with Crippen molar-refractivity contribution >= 4 is 18.1 Å². The summed E-state index contributed by atoms with van der Waals surface area (Å²) in [6.07, 6.45) is -4.14. The number of piperazine rings is 1. The highest BCUT2D eigenvalue weighted by atomic mass is 19.4. The van der Waals surface area contributed by atoms with Gasteiger partial charge >= 0.3 is 12.2 Å². The molecule has 1 aliphatic heterocycles. The summed E-state index contributed by atoms with van der Waals surface area (Å²) in [7, 11) is 0. The summed E-state index contributed by atoms with van der Waals surface area (Å²) < 4.78 is 52.2. The molecule has 1 heterocycles. The molecule has 0 atom stereocenters. The predicted molar refractivity (Wildman–Crippen MR) is 69.6 cm³/mol. The number of nitrogens with zero attached hydrogens (tertiary/aromatic N) is 2. The van der Waals surface area contributed by atoms with Crippen LogP contribution in [-0.2, 0) is 11.0 Å². The molecule has 0 saturated carbocycles. The first-order chi connectivity index (χ1) is 10.3. The quantitative estimate of drug-likeness (QED) is 0.671. The van der Waals surface area contributed by atoms with E-state index in [0.29, 0.717) is 12.5 Å². The van der Waals surface area contributed by atoms with E-state index in [2.05, 4.69) is 0 Å².